The van der Waals surface area contributed by atoms with Gasteiger partial charge in [-0.2, -0.15) is 15.3 Å². The molecule has 10 aromatic rings. The van der Waals surface area contributed by atoms with Gasteiger partial charge in [-0.25, -0.2) is 0 Å². The third-order valence-corrected chi connectivity index (χ3v) is 13.1. The first kappa shape index (κ1) is 48.6. The van der Waals surface area contributed by atoms with Gasteiger partial charge in [0.1, 0.15) is 17.5 Å². The molecule has 71 heavy (non-hydrogen) atoms. The summed E-state index contributed by atoms with van der Waals surface area (Å²) in [6.45, 7) is 12.8. The van der Waals surface area contributed by atoms with Crippen LogP contribution in [0.25, 0.3) is 51.2 Å². The van der Waals surface area contributed by atoms with Gasteiger partial charge in [-0.1, -0.05) is 72.8 Å². The second-order valence-corrected chi connectivity index (χ2v) is 18.3. The van der Waals surface area contributed by atoms with Gasteiger partial charge < -0.3 is 0 Å². The van der Waals surface area contributed by atoms with E-state index in [0.29, 0.717) is 12.8 Å². The Morgan fingerprint density at radius 3 is 1.13 bits per heavy atom. The molecular formula is C61H56IrN9. The summed E-state index contributed by atoms with van der Waals surface area (Å²) < 4.78 is 6.04. The Kier molecular flexibility index (Phi) is 14.9. The molecule has 3 aromatic heterocycles. The normalized spacial score (nSPS) is 11.2. The van der Waals surface area contributed by atoms with Crippen LogP contribution in [0, 0.1) is 59.7 Å². The third kappa shape index (κ3) is 10.6. The summed E-state index contributed by atoms with van der Waals surface area (Å²) in [5, 5.41) is 15.5. The summed E-state index contributed by atoms with van der Waals surface area (Å²) in [6, 6.07) is 60.3. The summed E-state index contributed by atoms with van der Waals surface area (Å²) >= 11 is 0. The van der Waals surface area contributed by atoms with Crippen molar-refractivity contribution in [3.05, 3.63) is 231 Å². The van der Waals surface area contributed by atoms with E-state index in [2.05, 4.69) is 151 Å². The predicted octanol–water partition coefficient (Wildman–Crippen LogP) is 12.4. The smallest absolute Gasteiger partial charge is 0.262 e. The molecule has 0 saturated carbocycles. The number of hydrogen-bond acceptors (Lipinski definition) is 6. The Hall–Kier alpha value is -7.39. The molecule has 0 aliphatic heterocycles. The Balaban J connectivity index is 0.00000624. The number of nitrogens with zero attached hydrogens (tertiary/aromatic N) is 9. The zero-order chi connectivity index (χ0) is 48.1. The molecule has 10 heteroatoms. The van der Waals surface area contributed by atoms with E-state index < -0.39 is 0 Å². The monoisotopic (exact) mass is 1110 g/mol. The largest absolute Gasteiger partial charge is 3.00 e. The fraction of sp³-hybridized carbons (Fsp3) is 0.213. The van der Waals surface area contributed by atoms with Crippen LogP contribution in [-0.4, -0.2) is 44.3 Å². The molecule has 0 aliphatic carbocycles. The number of rotatable bonds is 16. The molecule has 9 nitrogen and oxygen atoms in total. The number of aromatic nitrogens is 9. The van der Waals surface area contributed by atoms with Crippen LogP contribution in [0.2, 0.25) is 0 Å². The van der Waals surface area contributed by atoms with Crippen molar-refractivity contribution in [1.82, 2.24) is 44.3 Å². The maximum Gasteiger partial charge on any atom is 3.00 e. The maximum absolute atomic E-state index is 5.21. The van der Waals surface area contributed by atoms with Crippen molar-refractivity contribution in [2.45, 2.75) is 86.5 Å². The molecule has 0 unspecified atom stereocenters. The molecule has 0 aliphatic rings. The second-order valence-electron chi connectivity index (χ2n) is 18.3. The van der Waals surface area contributed by atoms with Gasteiger partial charge in [0.05, 0.1) is 34.5 Å². The van der Waals surface area contributed by atoms with Crippen LogP contribution in [0.3, 0.4) is 0 Å². The van der Waals surface area contributed by atoms with Crippen LogP contribution in [-0.2, 0) is 58.6 Å². The molecular weight excluding hydrogens is 1050 g/mol. The molecule has 10 rings (SSSR count). The van der Waals surface area contributed by atoms with Crippen LogP contribution in [0.15, 0.2) is 146 Å². The second kappa shape index (κ2) is 21.7. The van der Waals surface area contributed by atoms with E-state index in [4.69, 9.17) is 30.2 Å². The van der Waals surface area contributed by atoms with Gasteiger partial charge in [0.2, 0.25) is 0 Å². The fourth-order valence-corrected chi connectivity index (χ4v) is 9.64. The molecule has 3 heterocycles. The van der Waals surface area contributed by atoms with Crippen molar-refractivity contribution in [3.63, 3.8) is 0 Å². The third-order valence-electron chi connectivity index (χ3n) is 13.1. The molecule has 0 atom stereocenters. The van der Waals surface area contributed by atoms with E-state index in [9.17, 15) is 0 Å². The van der Waals surface area contributed by atoms with Gasteiger partial charge in [-0.15, -0.1) is 108 Å². The summed E-state index contributed by atoms with van der Waals surface area (Å²) in [6.07, 6.45) is 5.40. The minimum Gasteiger partial charge on any atom is -0.262 e. The molecule has 7 aromatic carbocycles. The molecule has 0 fully saturated rings. The van der Waals surface area contributed by atoms with Crippen molar-refractivity contribution in [2.75, 3.05) is 0 Å². The average molecular weight is 1110 g/mol. The summed E-state index contributed by atoms with van der Waals surface area (Å²) in [5.74, 6) is 4.81. The standard InChI is InChI=1S/C61H56N9.Ir/c1-41-20-16-21-42(2)56(41)68-59(49-26-10-7-11-27-49)62-53(65-68)33-19-32-48-36-34-47(35-38-54-63-60(50-28-12-8-13-29-50)69(66-54)57-43(3)22-17-23-44(57)4)40-52(48)37-39-55-64-61(51-30-14-9-15-31-51)70(67-55)58-45(5)24-18-25-46(58)6;/h7-18,20-26,28,30,34,36,40H,19,32-33,35,37-39H2,1-6H3;/q-3;+3. The first-order chi connectivity index (χ1) is 34.2. The molecule has 0 amide bonds. The van der Waals surface area contributed by atoms with Crippen molar-refractivity contribution >= 4 is 0 Å². The van der Waals surface area contributed by atoms with E-state index >= 15 is 0 Å². The fourth-order valence-electron chi connectivity index (χ4n) is 9.64. The summed E-state index contributed by atoms with van der Waals surface area (Å²) in [5.41, 5.74) is 16.7. The van der Waals surface area contributed by atoms with Gasteiger partial charge in [0, 0.05) is 19.3 Å². The Bertz CT molecular complexity index is 3360. The van der Waals surface area contributed by atoms with Crippen molar-refractivity contribution in [2.24, 2.45) is 0 Å². The Morgan fingerprint density at radius 2 is 0.746 bits per heavy atom. The first-order valence-electron chi connectivity index (χ1n) is 24.3. The zero-order valence-corrected chi connectivity index (χ0v) is 43.6. The van der Waals surface area contributed by atoms with Crippen molar-refractivity contribution in [3.8, 4) is 51.2 Å². The Labute approximate surface area is 431 Å². The van der Waals surface area contributed by atoms with Gasteiger partial charge in [0.25, 0.3) is 0 Å². The van der Waals surface area contributed by atoms with E-state index in [1.165, 1.54) is 16.7 Å². The van der Waals surface area contributed by atoms with Gasteiger partial charge in [0.15, 0.2) is 0 Å². The number of benzene rings is 7. The predicted molar refractivity (Wildman–Crippen MR) is 279 cm³/mol. The molecule has 0 spiro atoms. The van der Waals surface area contributed by atoms with Crippen LogP contribution in [0.1, 0.15) is 74.0 Å². The molecule has 0 N–H and O–H groups in total. The van der Waals surface area contributed by atoms with Gasteiger partial charge >= 0.3 is 20.1 Å². The zero-order valence-electron chi connectivity index (χ0n) is 41.2. The van der Waals surface area contributed by atoms with Crippen LogP contribution >= 0.6 is 0 Å². The summed E-state index contributed by atoms with van der Waals surface area (Å²) in [7, 11) is 0. The SMILES string of the molecule is Cc1cccc(C)c1-n1nc(CCCc2ccc(CCc3nc(-c4[c-]cccc4)n(-c4c(C)cccc4C)n3)cc2CCc2nc(-c3[c-]cccc3)n(-c3c(C)cccc3C)n2)nc1-c1[c-]cccc1.[Ir+3]. The number of para-hydroxylation sites is 3. The van der Waals surface area contributed by atoms with E-state index in [1.54, 1.807) is 0 Å². The molecule has 0 bridgehead atoms. The van der Waals surface area contributed by atoms with E-state index in [1.807, 2.05) is 68.6 Å². The van der Waals surface area contributed by atoms with Crippen LogP contribution in [0.5, 0.6) is 0 Å². The maximum atomic E-state index is 5.21. The average Bonchev–Trinajstić information content (AvgIpc) is 4.12. The minimum atomic E-state index is 0. The quantitative estimate of drug-likeness (QED) is 0.0895. The van der Waals surface area contributed by atoms with Crippen molar-refractivity contribution in [1.29, 1.82) is 0 Å². The van der Waals surface area contributed by atoms with Crippen LogP contribution in [0.4, 0.5) is 0 Å². The topological polar surface area (TPSA) is 92.1 Å². The summed E-state index contributed by atoms with van der Waals surface area (Å²) in [4.78, 5) is 15.5. The van der Waals surface area contributed by atoms with Crippen LogP contribution < -0.4 is 0 Å². The first-order valence-corrected chi connectivity index (χ1v) is 24.3. The van der Waals surface area contributed by atoms with E-state index in [0.717, 1.165) is 134 Å². The van der Waals surface area contributed by atoms with Gasteiger partial charge in [-0.3, -0.25) is 29.0 Å². The molecule has 0 radical (unpaired) electrons. The molecule has 354 valence electrons. The Morgan fingerprint density at radius 1 is 0.366 bits per heavy atom. The van der Waals surface area contributed by atoms with E-state index in [-0.39, 0.29) is 20.1 Å². The van der Waals surface area contributed by atoms with Crippen molar-refractivity contribution < 1.29 is 20.1 Å². The number of aryl methyl sites for hydroxylation is 12. The van der Waals surface area contributed by atoms with Gasteiger partial charge in [-0.05, 0) is 117 Å². The minimum absolute atomic E-state index is 0. The number of hydrogen-bond donors (Lipinski definition) is 0. The molecule has 0 saturated heterocycles.